The van der Waals surface area contributed by atoms with Gasteiger partial charge in [-0.3, -0.25) is 0 Å². The summed E-state index contributed by atoms with van der Waals surface area (Å²) < 4.78 is 1.35. The van der Waals surface area contributed by atoms with Gasteiger partial charge in [0.25, 0.3) is 0 Å². The molecule has 74 valence electrons. The summed E-state index contributed by atoms with van der Waals surface area (Å²) >= 11 is 12.1. The minimum absolute atomic E-state index is 0.575. The van der Waals surface area contributed by atoms with Crippen LogP contribution in [-0.2, 0) is 12.3 Å². The predicted molar refractivity (Wildman–Crippen MR) is 68.0 cm³/mol. The molecule has 0 N–H and O–H groups in total. The average Bonchev–Trinajstić information content (AvgIpc) is 2.59. The molecule has 0 atom stereocenters. The maximum Gasteiger partial charge on any atom is 0.0474 e. The molecule has 0 aliphatic carbocycles. The zero-order valence-electron chi connectivity index (χ0n) is 7.88. The number of fused-ring (bicyclic) bond motifs is 1. The van der Waals surface area contributed by atoms with Gasteiger partial charge in [0.1, 0.15) is 0 Å². The van der Waals surface area contributed by atoms with E-state index in [0.717, 1.165) is 11.3 Å². The van der Waals surface area contributed by atoms with Crippen molar-refractivity contribution in [1.29, 1.82) is 0 Å². The lowest BCUT2D eigenvalue weighted by molar-refractivity contribution is 1.15. The Morgan fingerprint density at radius 1 is 1.43 bits per heavy atom. The Bertz CT molecular complexity index is 460. The molecule has 3 heteroatoms. The first kappa shape index (κ1) is 10.3. The Morgan fingerprint density at radius 2 is 2.21 bits per heavy atom. The minimum Gasteiger partial charge on any atom is -0.142 e. The smallest absolute Gasteiger partial charge is 0.0474 e. The molecule has 0 fully saturated rings. The summed E-state index contributed by atoms with van der Waals surface area (Å²) in [7, 11) is 0. The lowest BCUT2D eigenvalue weighted by Gasteiger charge is -2.03. The van der Waals surface area contributed by atoms with E-state index < -0.39 is 0 Å². The molecular formula is C11H11ClS2. The molecule has 0 radical (unpaired) electrons. The van der Waals surface area contributed by atoms with Crippen LogP contribution in [-0.4, -0.2) is 0 Å². The van der Waals surface area contributed by atoms with E-state index in [0.29, 0.717) is 5.88 Å². The van der Waals surface area contributed by atoms with Gasteiger partial charge in [-0.25, -0.2) is 0 Å². The van der Waals surface area contributed by atoms with Gasteiger partial charge >= 0.3 is 0 Å². The normalized spacial score (nSPS) is 11.1. The highest BCUT2D eigenvalue weighted by Gasteiger charge is 2.06. The zero-order chi connectivity index (χ0) is 10.1. The van der Waals surface area contributed by atoms with Gasteiger partial charge < -0.3 is 0 Å². The third kappa shape index (κ3) is 1.67. The second-order valence-corrected chi connectivity index (χ2v) is 4.87. The fourth-order valence-electron chi connectivity index (χ4n) is 1.60. The molecule has 2 rings (SSSR count). The first-order valence-electron chi connectivity index (χ1n) is 4.54. The lowest BCUT2D eigenvalue weighted by atomic mass is 10.1. The van der Waals surface area contributed by atoms with Crippen LogP contribution in [0.15, 0.2) is 22.4 Å². The van der Waals surface area contributed by atoms with Crippen LogP contribution in [0.5, 0.6) is 0 Å². The summed E-state index contributed by atoms with van der Waals surface area (Å²) in [6.45, 7) is 2.17. The number of alkyl halides is 1. The zero-order valence-corrected chi connectivity index (χ0v) is 10.3. The van der Waals surface area contributed by atoms with Crippen molar-refractivity contribution < 1.29 is 0 Å². The molecule has 1 heterocycles. The molecule has 0 aliphatic rings. The maximum absolute atomic E-state index is 5.85. The molecule has 0 bridgehead atoms. The lowest BCUT2D eigenvalue weighted by Crippen LogP contribution is -1.85. The number of hydrogen-bond acceptors (Lipinski definition) is 2. The highest BCUT2D eigenvalue weighted by Crippen LogP contribution is 2.33. The van der Waals surface area contributed by atoms with E-state index in [2.05, 4.69) is 37.1 Å². The highest BCUT2D eigenvalue weighted by molar-refractivity contribution is 7.80. The number of benzene rings is 1. The summed E-state index contributed by atoms with van der Waals surface area (Å²) in [6.07, 6.45) is 1.05. The molecule has 0 saturated carbocycles. The van der Waals surface area contributed by atoms with E-state index >= 15 is 0 Å². The number of thiophene rings is 1. The molecule has 2 aromatic rings. The van der Waals surface area contributed by atoms with E-state index in [1.54, 1.807) is 11.3 Å². The van der Waals surface area contributed by atoms with Crippen LogP contribution in [0.2, 0.25) is 0 Å². The molecule has 0 aliphatic heterocycles. The largest absolute Gasteiger partial charge is 0.142 e. The molecule has 0 saturated heterocycles. The van der Waals surface area contributed by atoms with Gasteiger partial charge in [-0.2, -0.15) is 0 Å². The number of hydrogen-bond donors (Lipinski definition) is 1. The SMILES string of the molecule is CCc1cc(CCl)cc2c(S)csc12. The van der Waals surface area contributed by atoms with Crippen molar-refractivity contribution in [2.24, 2.45) is 0 Å². The first-order valence-corrected chi connectivity index (χ1v) is 6.40. The monoisotopic (exact) mass is 242 g/mol. The van der Waals surface area contributed by atoms with Gasteiger partial charge in [0.15, 0.2) is 0 Å². The summed E-state index contributed by atoms with van der Waals surface area (Å²) in [5.41, 5.74) is 2.56. The summed E-state index contributed by atoms with van der Waals surface area (Å²) in [5, 5.41) is 3.33. The molecular weight excluding hydrogens is 232 g/mol. The van der Waals surface area contributed by atoms with Crippen molar-refractivity contribution in [3.8, 4) is 0 Å². The van der Waals surface area contributed by atoms with Gasteiger partial charge in [0, 0.05) is 26.2 Å². The number of halogens is 1. The van der Waals surface area contributed by atoms with Gasteiger partial charge in [-0.1, -0.05) is 13.0 Å². The number of rotatable bonds is 2. The fourth-order valence-corrected chi connectivity index (χ4v) is 3.17. The van der Waals surface area contributed by atoms with E-state index in [-0.39, 0.29) is 0 Å². The van der Waals surface area contributed by atoms with Crippen LogP contribution in [0.25, 0.3) is 10.1 Å². The third-order valence-corrected chi connectivity index (χ3v) is 4.25. The van der Waals surface area contributed by atoms with Crippen molar-refractivity contribution in [2.75, 3.05) is 0 Å². The van der Waals surface area contributed by atoms with Crippen LogP contribution in [0.3, 0.4) is 0 Å². The second-order valence-electron chi connectivity index (χ2n) is 3.24. The van der Waals surface area contributed by atoms with Crippen LogP contribution in [0.1, 0.15) is 18.1 Å². The Kier molecular flexibility index (Phi) is 3.05. The molecule has 0 nitrogen and oxygen atoms in total. The number of thiol groups is 1. The van der Waals surface area contributed by atoms with Crippen molar-refractivity contribution in [2.45, 2.75) is 24.1 Å². The van der Waals surface area contributed by atoms with Gasteiger partial charge in [-0.05, 0) is 23.6 Å². The van der Waals surface area contributed by atoms with Crippen LogP contribution in [0, 0.1) is 0 Å². The van der Waals surface area contributed by atoms with Crippen LogP contribution in [0.4, 0.5) is 0 Å². The summed E-state index contributed by atoms with van der Waals surface area (Å²) in [6, 6.07) is 4.33. The molecule has 0 amide bonds. The van der Waals surface area contributed by atoms with E-state index in [4.69, 9.17) is 11.6 Å². The van der Waals surface area contributed by atoms with E-state index in [1.165, 1.54) is 21.2 Å². The van der Waals surface area contributed by atoms with Gasteiger partial charge in [0.05, 0.1) is 0 Å². The van der Waals surface area contributed by atoms with E-state index in [9.17, 15) is 0 Å². The standard InChI is InChI=1S/C11H11ClS2/c1-2-8-3-7(5-12)4-9-10(13)6-14-11(8)9/h3-4,6,13H,2,5H2,1H3. The summed E-state index contributed by atoms with van der Waals surface area (Å²) in [4.78, 5) is 1.06. The van der Waals surface area contributed by atoms with Gasteiger partial charge in [-0.15, -0.1) is 35.6 Å². The quantitative estimate of drug-likeness (QED) is 0.582. The first-order chi connectivity index (χ1) is 6.76. The summed E-state index contributed by atoms with van der Waals surface area (Å²) in [5.74, 6) is 0.575. The second kappa shape index (κ2) is 4.13. The Balaban J connectivity index is 2.76. The van der Waals surface area contributed by atoms with Crippen molar-refractivity contribution in [1.82, 2.24) is 0 Å². The number of aryl methyl sites for hydroxylation is 1. The molecule has 0 unspecified atom stereocenters. The Labute approximate surface area is 98.3 Å². The molecule has 0 spiro atoms. The van der Waals surface area contributed by atoms with Crippen molar-refractivity contribution in [3.05, 3.63) is 28.6 Å². The molecule has 1 aromatic carbocycles. The predicted octanol–water partition coefficient (Wildman–Crippen LogP) is 4.49. The molecule has 14 heavy (non-hydrogen) atoms. The Hall–Kier alpha value is -0.180. The highest BCUT2D eigenvalue weighted by atomic mass is 35.5. The van der Waals surface area contributed by atoms with Crippen LogP contribution < -0.4 is 0 Å². The average molecular weight is 243 g/mol. The fraction of sp³-hybridized carbons (Fsp3) is 0.273. The molecule has 1 aromatic heterocycles. The van der Waals surface area contributed by atoms with Crippen molar-refractivity contribution >= 4 is 45.7 Å². The maximum atomic E-state index is 5.85. The van der Waals surface area contributed by atoms with Gasteiger partial charge in [0.2, 0.25) is 0 Å². The van der Waals surface area contributed by atoms with E-state index in [1.807, 2.05) is 0 Å². The minimum atomic E-state index is 0.575. The van der Waals surface area contributed by atoms with Crippen LogP contribution >= 0.6 is 35.6 Å². The third-order valence-electron chi connectivity index (χ3n) is 2.33. The van der Waals surface area contributed by atoms with Crippen molar-refractivity contribution in [3.63, 3.8) is 0 Å². The Morgan fingerprint density at radius 3 is 2.86 bits per heavy atom. The topological polar surface area (TPSA) is 0 Å².